The van der Waals surface area contributed by atoms with Crippen LogP contribution in [0.2, 0.25) is 0 Å². The molecule has 3 N–H and O–H groups in total. The Morgan fingerprint density at radius 2 is 2.06 bits per heavy atom. The largest absolute Gasteiger partial charge is 0.323 e. The van der Waals surface area contributed by atoms with Crippen molar-refractivity contribution in [3.8, 4) is 6.07 Å². The predicted molar refractivity (Wildman–Crippen MR) is 70.3 cm³/mol. The van der Waals surface area contributed by atoms with Gasteiger partial charge in [-0.2, -0.15) is 5.26 Å². The highest BCUT2D eigenvalue weighted by Crippen LogP contribution is 2.10. The lowest BCUT2D eigenvalue weighted by atomic mass is 10.1. The van der Waals surface area contributed by atoms with E-state index in [9.17, 15) is 4.79 Å². The molecule has 0 atom stereocenters. The summed E-state index contributed by atoms with van der Waals surface area (Å²) in [6, 6.07) is 8.04. The van der Waals surface area contributed by atoms with Gasteiger partial charge < -0.3 is 15.3 Å². The Bertz CT molecular complexity index is 605. The van der Waals surface area contributed by atoms with Crippen LogP contribution in [-0.4, -0.2) is 23.1 Å². The van der Waals surface area contributed by atoms with E-state index in [4.69, 9.17) is 5.26 Å². The molecule has 0 fully saturated rings. The van der Waals surface area contributed by atoms with Crippen molar-refractivity contribution < 1.29 is 0 Å². The lowest BCUT2D eigenvalue weighted by molar-refractivity contribution is 0.655. The van der Waals surface area contributed by atoms with E-state index in [2.05, 4.69) is 21.4 Å². The third-order valence-electron chi connectivity index (χ3n) is 2.81. The van der Waals surface area contributed by atoms with Crippen molar-refractivity contribution in [2.24, 2.45) is 0 Å². The molecule has 94 valence electrons. The molecule has 0 saturated heterocycles. The van der Waals surface area contributed by atoms with E-state index in [1.807, 2.05) is 18.2 Å². The first kappa shape index (κ1) is 12.4. The maximum atomic E-state index is 11.1. The number of aromatic nitrogens is 2. The number of nitrogens with zero attached hydrogens (tertiary/aromatic N) is 1. The van der Waals surface area contributed by atoms with Crippen molar-refractivity contribution >= 4 is 11.0 Å². The molecular formula is C13H16N4O. The first-order valence-electron chi connectivity index (χ1n) is 6.08. The Morgan fingerprint density at radius 3 is 2.89 bits per heavy atom. The molecule has 5 nitrogen and oxygen atoms in total. The van der Waals surface area contributed by atoms with Crippen LogP contribution in [0.25, 0.3) is 11.0 Å². The quantitative estimate of drug-likeness (QED) is 0.669. The van der Waals surface area contributed by atoms with Crippen molar-refractivity contribution in [1.29, 1.82) is 5.26 Å². The van der Waals surface area contributed by atoms with Crippen LogP contribution in [0.4, 0.5) is 0 Å². The normalized spacial score (nSPS) is 10.6. The van der Waals surface area contributed by atoms with Gasteiger partial charge in [0.05, 0.1) is 17.1 Å². The van der Waals surface area contributed by atoms with Gasteiger partial charge >= 0.3 is 5.69 Å². The summed E-state index contributed by atoms with van der Waals surface area (Å²) in [5.74, 6) is 0. The molecule has 0 unspecified atom stereocenters. The van der Waals surface area contributed by atoms with E-state index in [-0.39, 0.29) is 5.69 Å². The third kappa shape index (κ3) is 3.22. The van der Waals surface area contributed by atoms with Crippen LogP contribution < -0.4 is 11.0 Å². The number of rotatable bonds is 6. The van der Waals surface area contributed by atoms with Crippen molar-refractivity contribution in [1.82, 2.24) is 15.3 Å². The van der Waals surface area contributed by atoms with Gasteiger partial charge in [0.15, 0.2) is 0 Å². The van der Waals surface area contributed by atoms with Gasteiger partial charge in [-0.25, -0.2) is 4.79 Å². The minimum Gasteiger partial charge on any atom is -0.316 e. The lowest BCUT2D eigenvalue weighted by Gasteiger charge is -2.03. The van der Waals surface area contributed by atoms with Crippen molar-refractivity contribution in [3.05, 3.63) is 34.2 Å². The molecule has 1 heterocycles. The number of hydrogen-bond acceptors (Lipinski definition) is 3. The molecule has 0 bridgehead atoms. The Labute approximate surface area is 105 Å². The van der Waals surface area contributed by atoms with Crippen molar-refractivity contribution in [2.45, 2.75) is 19.3 Å². The number of nitrogens with one attached hydrogen (secondary N) is 3. The maximum absolute atomic E-state index is 11.1. The summed E-state index contributed by atoms with van der Waals surface area (Å²) in [5, 5.41) is 11.7. The van der Waals surface area contributed by atoms with Gasteiger partial charge in [-0.3, -0.25) is 0 Å². The Kier molecular flexibility index (Phi) is 4.15. The Balaban J connectivity index is 1.84. The van der Waals surface area contributed by atoms with Gasteiger partial charge in [-0.15, -0.1) is 0 Å². The summed E-state index contributed by atoms with van der Waals surface area (Å²) in [4.78, 5) is 16.6. The van der Waals surface area contributed by atoms with Crippen molar-refractivity contribution in [2.75, 3.05) is 13.1 Å². The summed E-state index contributed by atoms with van der Waals surface area (Å²) >= 11 is 0. The van der Waals surface area contributed by atoms with Crippen LogP contribution in [0.1, 0.15) is 18.4 Å². The Morgan fingerprint density at radius 1 is 1.22 bits per heavy atom. The van der Waals surface area contributed by atoms with Crippen molar-refractivity contribution in [3.63, 3.8) is 0 Å². The fourth-order valence-corrected chi connectivity index (χ4v) is 1.89. The second-order valence-corrected chi connectivity index (χ2v) is 4.22. The number of aromatic amines is 2. The molecule has 0 radical (unpaired) electrons. The molecule has 2 aromatic rings. The van der Waals surface area contributed by atoms with E-state index < -0.39 is 0 Å². The number of imidazole rings is 1. The molecule has 1 aromatic carbocycles. The zero-order valence-electron chi connectivity index (χ0n) is 10.1. The average molecular weight is 244 g/mol. The van der Waals surface area contributed by atoms with E-state index in [0.29, 0.717) is 6.42 Å². The molecule has 0 saturated carbocycles. The molecule has 5 heteroatoms. The van der Waals surface area contributed by atoms with Crippen LogP contribution in [0.15, 0.2) is 23.0 Å². The number of nitriles is 1. The van der Waals surface area contributed by atoms with Gasteiger partial charge in [0, 0.05) is 6.42 Å². The zero-order valence-corrected chi connectivity index (χ0v) is 10.1. The molecule has 0 aliphatic heterocycles. The fourth-order valence-electron chi connectivity index (χ4n) is 1.89. The van der Waals surface area contributed by atoms with E-state index in [0.717, 1.165) is 37.0 Å². The minimum atomic E-state index is -0.170. The SMILES string of the molecule is N#CCCCNCCc1ccc2[nH]c(=O)[nH]c2c1. The van der Waals surface area contributed by atoms with Gasteiger partial charge in [0.2, 0.25) is 0 Å². The Hall–Kier alpha value is -2.06. The maximum Gasteiger partial charge on any atom is 0.323 e. The molecule has 1 aromatic heterocycles. The second kappa shape index (κ2) is 6.03. The topological polar surface area (TPSA) is 84.5 Å². The van der Waals surface area contributed by atoms with E-state index in [1.54, 1.807) is 0 Å². The monoisotopic (exact) mass is 244 g/mol. The summed E-state index contributed by atoms with van der Waals surface area (Å²) in [6.45, 7) is 1.75. The number of unbranched alkanes of at least 4 members (excludes halogenated alkanes) is 1. The predicted octanol–water partition coefficient (Wildman–Crippen LogP) is 1.29. The van der Waals surface area contributed by atoms with E-state index >= 15 is 0 Å². The van der Waals surface area contributed by atoms with Crippen LogP contribution in [0, 0.1) is 11.3 Å². The summed E-state index contributed by atoms with van der Waals surface area (Å²) in [5.41, 5.74) is 2.70. The standard InChI is InChI=1S/C13H16N4O/c14-6-1-2-7-15-8-5-10-3-4-11-12(9-10)17-13(18)16-11/h3-4,9,15H,1-2,5,7-8H2,(H2,16,17,18). The highest BCUT2D eigenvalue weighted by molar-refractivity contribution is 5.74. The van der Waals surface area contributed by atoms with Gasteiger partial charge in [0.1, 0.15) is 0 Å². The van der Waals surface area contributed by atoms with E-state index in [1.165, 1.54) is 5.56 Å². The van der Waals surface area contributed by atoms with Crippen LogP contribution in [0.5, 0.6) is 0 Å². The number of fused-ring (bicyclic) bond motifs is 1. The summed E-state index contributed by atoms with van der Waals surface area (Å²) < 4.78 is 0. The molecule has 0 aliphatic carbocycles. The van der Waals surface area contributed by atoms with Crippen LogP contribution in [0.3, 0.4) is 0 Å². The summed E-state index contributed by atoms with van der Waals surface area (Å²) in [6.07, 6.45) is 2.40. The second-order valence-electron chi connectivity index (χ2n) is 4.22. The molecular weight excluding hydrogens is 228 g/mol. The number of H-pyrrole nitrogens is 2. The van der Waals surface area contributed by atoms with Gasteiger partial charge in [-0.1, -0.05) is 6.07 Å². The first-order chi connectivity index (χ1) is 8.79. The highest BCUT2D eigenvalue weighted by atomic mass is 16.1. The van der Waals surface area contributed by atoms with Gasteiger partial charge in [-0.05, 0) is 43.6 Å². The first-order valence-corrected chi connectivity index (χ1v) is 6.08. The smallest absolute Gasteiger partial charge is 0.316 e. The molecule has 0 spiro atoms. The minimum absolute atomic E-state index is 0.170. The molecule has 2 rings (SSSR count). The zero-order chi connectivity index (χ0) is 12.8. The average Bonchev–Trinajstić information content (AvgIpc) is 2.73. The molecule has 18 heavy (non-hydrogen) atoms. The number of hydrogen-bond donors (Lipinski definition) is 3. The molecule has 0 aliphatic rings. The number of benzene rings is 1. The van der Waals surface area contributed by atoms with Gasteiger partial charge in [0.25, 0.3) is 0 Å². The molecule has 0 amide bonds. The third-order valence-corrected chi connectivity index (χ3v) is 2.81. The highest BCUT2D eigenvalue weighted by Gasteiger charge is 1.99. The lowest BCUT2D eigenvalue weighted by Crippen LogP contribution is -2.18. The van der Waals surface area contributed by atoms with Crippen LogP contribution in [-0.2, 0) is 6.42 Å². The summed E-state index contributed by atoms with van der Waals surface area (Å²) in [7, 11) is 0. The van der Waals surface area contributed by atoms with Crippen LogP contribution >= 0.6 is 0 Å². The fraction of sp³-hybridized carbons (Fsp3) is 0.385.